The van der Waals surface area contributed by atoms with Gasteiger partial charge in [0.1, 0.15) is 5.75 Å². The second-order valence-electron chi connectivity index (χ2n) is 6.51. The summed E-state index contributed by atoms with van der Waals surface area (Å²) in [6.07, 6.45) is 3.70. The Morgan fingerprint density at radius 1 is 1.26 bits per heavy atom. The van der Waals surface area contributed by atoms with Crippen LogP contribution in [-0.4, -0.2) is 19.7 Å². The maximum absolute atomic E-state index is 5.45. The third-order valence-electron chi connectivity index (χ3n) is 4.54. The molecule has 0 aliphatic heterocycles. The first kappa shape index (κ1) is 14.4. The van der Waals surface area contributed by atoms with Gasteiger partial charge in [-0.15, -0.1) is 0 Å². The number of rotatable bonds is 6. The predicted molar refractivity (Wildman–Crippen MR) is 80.8 cm³/mol. The Labute approximate surface area is 117 Å². The molecule has 1 aromatic rings. The Balaban J connectivity index is 1.83. The Morgan fingerprint density at radius 2 is 1.95 bits per heavy atom. The molecule has 1 fully saturated rings. The smallest absolute Gasteiger partial charge is 0.122 e. The van der Waals surface area contributed by atoms with E-state index in [9.17, 15) is 0 Å². The van der Waals surface area contributed by atoms with Gasteiger partial charge in [0.05, 0.1) is 7.11 Å². The van der Waals surface area contributed by atoms with Gasteiger partial charge < -0.3 is 10.1 Å². The van der Waals surface area contributed by atoms with Gasteiger partial charge in [0.2, 0.25) is 0 Å². The molecule has 1 aliphatic carbocycles. The van der Waals surface area contributed by atoms with E-state index in [-0.39, 0.29) is 0 Å². The molecule has 0 radical (unpaired) electrons. The largest absolute Gasteiger partial charge is 0.496 e. The van der Waals surface area contributed by atoms with Crippen molar-refractivity contribution in [3.63, 3.8) is 0 Å². The van der Waals surface area contributed by atoms with Crippen molar-refractivity contribution in [2.75, 3.05) is 13.7 Å². The molecule has 1 aliphatic rings. The van der Waals surface area contributed by atoms with Gasteiger partial charge in [0, 0.05) is 12.6 Å². The van der Waals surface area contributed by atoms with E-state index in [2.05, 4.69) is 44.3 Å². The molecule has 19 heavy (non-hydrogen) atoms. The van der Waals surface area contributed by atoms with Crippen LogP contribution in [0, 0.1) is 5.41 Å². The van der Waals surface area contributed by atoms with Gasteiger partial charge in [-0.25, -0.2) is 0 Å². The minimum Gasteiger partial charge on any atom is -0.496 e. The molecule has 2 rings (SSSR count). The number of para-hydroxylation sites is 1. The van der Waals surface area contributed by atoms with Gasteiger partial charge in [-0.3, -0.25) is 0 Å². The molecule has 0 aromatic heterocycles. The summed E-state index contributed by atoms with van der Waals surface area (Å²) in [4.78, 5) is 0. The van der Waals surface area contributed by atoms with E-state index in [1.807, 2.05) is 6.07 Å². The number of hydrogen-bond donors (Lipinski definition) is 1. The molecule has 0 heterocycles. The molecule has 0 saturated heterocycles. The molecule has 2 nitrogen and oxygen atoms in total. The van der Waals surface area contributed by atoms with Crippen LogP contribution >= 0.6 is 0 Å². The second kappa shape index (κ2) is 5.96. The first-order chi connectivity index (χ1) is 9.05. The van der Waals surface area contributed by atoms with Crippen LogP contribution in [0.4, 0.5) is 0 Å². The van der Waals surface area contributed by atoms with Crippen molar-refractivity contribution in [3.05, 3.63) is 29.8 Å². The highest BCUT2D eigenvalue weighted by Gasteiger charge is 2.32. The van der Waals surface area contributed by atoms with Crippen LogP contribution in [-0.2, 0) is 0 Å². The highest BCUT2D eigenvalue weighted by molar-refractivity contribution is 5.37. The van der Waals surface area contributed by atoms with Crippen molar-refractivity contribution in [1.29, 1.82) is 0 Å². The molecular formula is C17H27NO. The van der Waals surface area contributed by atoms with Crippen LogP contribution in [0.25, 0.3) is 0 Å². The lowest BCUT2D eigenvalue weighted by atomic mass is 9.75. The Bertz CT molecular complexity index is 407. The standard InChI is InChI=1S/C17H27NO/c1-5-17(2,3)12-18-14-10-13(11-14)15-8-6-7-9-16(15)19-4/h6-9,13-14,18H,5,10-12H2,1-4H3. The number of nitrogens with one attached hydrogen (secondary N) is 1. The van der Waals surface area contributed by atoms with E-state index >= 15 is 0 Å². The van der Waals surface area contributed by atoms with Gasteiger partial charge >= 0.3 is 0 Å². The molecule has 2 heteroatoms. The van der Waals surface area contributed by atoms with Crippen LogP contribution in [0.1, 0.15) is 51.5 Å². The SMILES string of the molecule is CCC(C)(C)CNC1CC(c2ccccc2OC)C1. The summed E-state index contributed by atoms with van der Waals surface area (Å²) >= 11 is 0. The molecule has 0 unspecified atom stereocenters. The molecular weight excluding hydrogens is 234 g/mol. The molecule has 0 amide bonds. The number of methoxy groups -OCH3 is 1. The third-order valence-corrected chi connectivity index (χ3v) is 4.54. The minimum absolute atomic E-state index is 0.412. The van der Waals surface area contributed by atoms with Gasteiger partial charge in [-0.1, -0.05) is 39.0 Å². The first-order valence-corrected chi connectivity index (χ1v) is 7.42. The lowest BCUT2D eigenvalue weighted by molar-refractivity contribution is 0.236. The quantitative estimate of drug-likeness (QED) is 0.836. The van der Waals surface area contributed by atoms with Crippen LogP contribution < -0.4 is 10.1 Å². The Morgan fingerprint density at radius 3 is 2.58 bits per heavy atom. The summed E-state index contributed by atoms with van der Waals surface area (Å²) in [7, 11) is 1.76. The fourth-order valence-electron chi connectivity index (χ4n) is 2.59. The molecule has 1 aromatic carbocycles. The summed E-state index contributed by atoms with van der Waals surface area (Å²) < 4.78 is 5.45. The van der Waals surface area contributed by atoms with E-state index in [1.165, 1.54) is 24.8 Å². The molecule has 0 bridgehead atoms. The van der Waals surface area contributed by atoms with Crippen molar-refractivity contribution < 1.29 is 4.74 Å². The van der Waals surface area contributed by atoms with Gasteiger partial charge in [-0.2, -0.15) is 0 Å². The normalized spacial score (nSPS) is 22.9. The highest BCUT2D eigenvalue weighted by Crippen LogP contribution is 2.41. The monoisotopic (exact) mass is 261 g/mol. The maximum Gasteiger partial charge on any atom is 0.122 e. The van der Waals surface area contributed by atoms with Crippen molar-refractivity contribution >= 4 is 0 Å². The Kier molecular flexibility index (Phi) is 4.51. The molecule has 0 atom stereocenters. The molecule has 0 spiro atoms. The zero-order valence-corrected chi connectivity index (χ0v) is 12.7. The fourth-order valence-corrected chi connectivity index (χ4v) is 2.59. The summed E-state index contributed by atoms with van der Waals surface area (Å²) in [5, 5.41) is 3.71. The number of benzene rings is 1. The van der Waals surface area contributed by atoms with Crippen LogP contribution in [0.5, 0.6) is 5.75 Å². The number of hydrogen-bond acceptors (Lipinski definition) is 2. The lowest BCUT2D eigenvalue weighted by Gasteiger charge is -2.39. The van der Waals surface area contributed by atoms with E-state index in [1.54, 1.807) is 7.11 Å². The molecule has 1 saturated carbocycles. The summed E-state index contributed by atoms with van der Waals surface area (Å²) in [5.74, 6) is 1.71. The fraction of sp³-hybridized carbons (Fsp3) is 0.647. The average molecular weight is 261 g/mol. The van der Waals surface area contributed by atoms with Crippen LogP contribution in [0.3, 0.4) is 0 Å². The van der Waals surface area contributed by atoms with Crippen LogP contribution in [0.15, 0.2) is 24.3 Å². The van der Waals surface area contributed by atoms with Crippen molar-refractivity contribution in [2.45, 2.75) is 52.0 Å². The molecule has 1 N–H and O–H groups in total. The highest BCUT2D eigenvalue weighted by atomic mass is 16.5. The summed E-state index contributed by atoms with van der Waals surface area (Å²) in [5.41, 5.74) is 1.79. The van der Waals surface area contributed by atoms with Gasteiger partial charge in [-0.05, 0) is 42.2 Å². The second-order valence-corrected chi connectivity index (χ2v) is 6.51. The predicted octanol–water partition coefficient (Wildman–Crippen LogP) is 3.97. The minimum atomic E-state index is 0.412. The van der Waals surface area contributed by atoms with Gasteiger partial charge in [0.25, 0.3) is 0 Å². The van der Waals surface area contributed by atoms with Crippen LogP contribution in [0.2, 0.25) is 0 Å². The van der Waals surface area contributed by atoms with Crippen molar-refractivity contribution in [2.24, 2.45) is 5.41 Å². The maximum atomic E-state index is 5.45. The lowest BCUT2D eigenvalue weighted by Crippen LogP contribution is -2.44. The van der Waals surface area contributed by atoms with Crippen molar-refractivity contribution in [3.8, 4) is 5.75 Å². The molecule has 106 valence electrons. The van der Waals surface area contributed by atoms with E-state index in [0.717, 1.165) is 12.3 Å². The zero-order chi connectivity index (χ0) is 13.9. The summed E-state index contributed by atoms with van der Waals surface area (Å²) in [6.45, 7) is 8.04. The zero-order valence-electron chi connectivity index (χ0n) is 12.7. The average Bonchev–Trinajstić information content (AvgIpc) is 2.37. The van der Waals surface area contributed by atoms with Gasteiger partial charge in [0.15, 0.2) is 0 Å². The van der Waals surface area contributed by atoms with Crippen molar-refractivity contribution in [1.82, 2.24) is 5.32 Å². The third kappa shape index (κ3) is 3.50. The number of ether oxygens (including phenoxy) is 1. The van der Waals surface area contributed by atoms with E-state index in [0.29, 0.717) is 17.4 Å². The van der Waals surface area contributed by atoms with E-state index in [4.69, 9.17) is 4.74 Å². The Hall–Kier alpha value is -1.02. The van der Waals surface area contributed by atoms with E-state index < -0.39 is 0 Å². The topological polar surface area (TPSA) is 21.3 Å². The first-order valence-electron chi connectivity index (χ1n) is 7.42. The summed E-state index contributed by atoms with van der Waals surface area (Å²) in [6, 6.07) is 9.10.